The van der Waals surface area contributed by atoms with Crippen LogP contribution in [0.3, 0.4) is 0 Å². The molecule has 0 aliphatic heterocycles. The summed E-state index contributed by atoms with van der Waals surface area (Å²) in [6.07, 6.45) is 4.71. The number of aromatic amines is 1. The third-order valence-electron chi connectivity index (χ3n) is 3.35. The summed E-state index contributed by atoms with van der Waals surface area (Å²) in [6, 6.07) is 5.95. The molecule has 0 aliphatic carbocycles. The molecule has 0 aromatic carbocycles. The van der Waals surface area contributed by atoms with E-state index in [0.29, 0.717) is 0 Å². The van der Waals surface area contributed by atoms with E-state index in [-0.39, 0.29) is 0 Å². The average molecular weight is 285 g/mol. The van der Waals surface area contributed by atoms with Crippen molar-refractivity contribution < 1.29 is 4.42 Å². The van der Waals surface area contributed by atoms with Crippen molar-refractivity contribution >= 4 is 0 Å². The highest BCUT2D eigenvalue weighted by Crippen LogP contribution is 2.23. The molecule has 0 atom stereocenters. The minimum Gasteiger partial charge on any atom is -0.460 e. The van der Waals surface area contributed by atoms with Gasteiger partial charge in [-0.05, 0) is 25.1 Å². The Labute approximate surface area is 123 Å². The molecule has 0 unspecified atom stereocenters. The van der Waals surface area contributed by atoms with Gasteiger partial charge in [0.1, 0.15) is 11.5 Å². The molecule has 0 aliphatic rings. The van der Waals surface area contributed by atoms with Gasteiger partial charge in [0.2, 0.25) is 0 Å². The van der Waals surface area contributed by atoms with Crippen LogP contribution in [0.1, 0.15) is 17.0 Å². The van der Waals surface area contributed by atoms with Crippen molar-refractivity contribution in [2.75, 3.05) is 6.54 Å². The first-order chi connectivity index (χ1) is 10.2. The maximum absolute atomic E-state index is 5.64. The Morgan fingerprint density at radius 3 is 2.95 bits per heavy atom. The summed E-state index contributed by atoms with van der Waals surface area (Å²) < 4.78 is 7.46. The van der Waals surface area contributed by atoms with Crippen LogP contribution in [0.5, 0.6) is 0 Å². The summed E-state index contributed by atoms with van der Waals surface area (Å²) in [5.74, 6) is 1.72. The molecule has 3 aromatic rings. The first-order valence-electron chi connectivity index (χ1n) is 7.00. The fourth-order valence-electron chi connectivity index (χ4n) is 2.26. The van der Waals surface area contributed by atoms with Crippen molar-refractivity contribution in [3.05, 3.63) is 47.6 Å². The highest BCUT2D eigenvalue weighted by Gasteiger charge is 2.10. The molecular formula is C15H19N5O. The van der Waals surface area contributed by atoms with Gasteiger partial charge in [-0.3, -0.25) is 9.78 Å². The Hall–Kier alpha value is -2.34. The molecular weight excluding hydrogens is 266 g/mol. The van der Waals surface area contributed by atoms with Crippen LogP contribution in [0.2, 0.25) is 0 Å². The van der Waals surface area contributed by atoms with Crippen LogP contribution in [0.4, 0.5) is 0 Å². The van der Waals surface area contributed by atoms with Crippen LogP contribution in [0.15, 0.2) is 35.0 Å². The van der Waals surface area contributed by atoms with Crippen molar-refractivity contribution in [3.63, 3.8) is 0 Å². The van der Waals surface area contributed by atoms with Crippen LogP contribution < -0.4 is 5.32 Å². The third-order valence-corrected chi connectivity index (χ3v) is 3.35. The fourth-order valence-corrected chi connectivity index (χ4v) is 2.26. The number of hydrogen-bond acceptors (Lipinski definition) is 4. The SMILES string of the molecule is Cc1ccc(-c2[nH]ncc2CNCCc2ccn(C)n2)o1. The predicted octanol–water partition coefficient (Wildman–Crippen LogP) is 2.04. The van der Waals surface area contributed by atoms with Gasteiger partial charge < -0.3 is 9.73 Å². The molecule has 0 saturated heterocycles. The van der Waals surface area contributed by atoms with Crippen molar-refractivity contribution in [3.8, 4) is 11.5 Å². The third kappa shape index (κ3) is 3.22. The van der Waals surface area contributed by atoms with E-state index >= 15 is 0 Å². The number of aromatic nitrogens is 4. The summed E-state index contributed by atoms with van der Waals surface area (Å²) in [7, 11) is 1.93. The van der Waals surface area contributed by atoms with Crippen LogP contribution in [0, 0.1) is 6.92 Å². The largest absolute Gasteiger partial charge is 0.460 e. The maximum Gasteiger partial charge on any atom is 0.152 e. The number of H-pyrrole nitrogens is 1. The lowest BCUT2D eigenvalue weighted by molar-refractivity contribution is 0.545. The summed E-state index contributed by atoms with van der Waals surface area (Å²) in [6.45, 7) is 3.56. The van der Waals surface area contributed by atoms with Crippen molar-refractivity contribution in [1.82, 2.24) is 25.3 Å². The summed E-state index contributed by atoms with van der Waals surface area (Å²) in [5, 5.41) is 14.9. The molecule has 110 valence electrons. The zero-order chi connectivity index (χ0) is 14.7. The number of furan rings is 1. The van der Waals surface area contributed by atoms with Gasteiger partial charge in [0.25, 0.3) is 0 Å². The van der Waals surface area contributed by atoms with Crippen molar-refractivity contribution in [2.45, 2.75) is 19.9 Å². The Morgan fingerprint density at radius 2 is 2.24 bits per heavy atom. The number of nitrogens with one attached hydrogen (secondary N) is 2. The molecule has 0 amide bonds. The molecule has 0 fully saturated rings. The van der Waals surface area contributed by atoms with E-state index < -0.39 is 0 Å². The summed E-state index contributed by atoms with van der Waals surface area (Å²) >= 11 is 0. The van der Waals surface area contributed by atoms with Gasteiger partial charge in [-0.1, -0.05) is 0 Å². The fraction of sp³-hybridized carbons (Fsp3) is 0.333. The van der Waals surface area contributed by atoms with Gasteiger partial charge in [0.05, 0.1) is 11.9 Å². The topological polar surface area (TPSA) is 71.7 Å². The smallest absolute Gasteiger partial charge is 0.152 e. The van der Waals surface area contributed by atoms with E-state index in [1.54, 1.807) is 0 Å². The molecule has 3 aromatic heterocycles. The highest BCUT2D eigenvalue weighted by molar-refractivity contribution is 5.56. The van der Waals surface area contributed by atoms with Crippen molar-refractivity contribution in [1.29, 1.82) is 0 Å². The van der Waals surface area contributed by atoms with Crippen LogP contribution in [-0.2, 0) is 20.0 Å². The van der Waals surface area contributed by atoms with Crippen LogP contribution in [-0.4, -0.2) is 26.5 Å². The second-order valence-electron chi connectivity index (χ2n) is 5.09. The Morgan fingerprint density at radius 1 is 1.33 bits per heavy atom. The monoisotopic (exact) mass is 285 g/mol. The highest BCUT2D eigenvalue weighted by atomic mass is 16.3. The standard InChI is InChI=1S/C15H19N5O/c1-11-3-4-14(21-11)15-12(10-17-18-15)9-16-7-5-13-6-8-20(2)19-13/h3-4,6,8,10,16H,5,7,9H2,1-2H3,(H,17,18). The van der Waals surface area contributed by atoms with E-state index in [1.807, 2.05) is 49.2 Å². The van der Waals surface area contributed by atoms with Gasteiger partial charge in [-0.15, -0.1) is 0 Å². The molecule has 0 bridgehead atoms. The number of nitrogens with zero attached hydrogens (tertiary/aromatic N) is 3. The van der Waals surface area contributed by atoms with E-state index in [9.17, 15) is 0 Å². The summed E-state index contributed by atoms with van der Waals surface area (Å²) in [4.78, 5) is 0. The van der Waals surface area contributed by atoms with Gasteiger partial charge in [0.15, 0.2) is 5.76 Å². The molecule has 0 spiro atoms. The molecule has 3 rings (SSSR count). The zero-order valence-electron chi connectivity index (χ0n) is 12.3. The Kier molecular flexibility index (Phi) is 3.87. The first kappa shape index (κ1) is 13.6. The van der Waals surface area contributed by atoms with Crippen LogP contribution >= 0.6 is 0 Å². The molecule has 2 N–H and O–H groups in total. The number of hydrogen-bond donors (Lipinski definition) is 2. The predicted molar refractivity (Wildman–Crippen MR) is 79.6 cm³/mol. The van der Waals surface area contributed by atoms with E-state index in [4.69, 9.17) is 4.42 Å². The van der Waals surface area contributed by atoms with Crippen LogP contribution in [0.25, 0.3) is 11.5 Å². The quantitative estimate of drug-likeness (QED) is 0.680. The Balaban J connectivity index is 1.55. The van der Waals surface area contributed by atoms with Crippen molar-refractivity contribution in [2.24, 2.45) is 7.05 Å². The van der Waals surface area contributed by atoms with Gasteiger partial charge in [-0.2, -0.15) is 10.2 Å². The molecule has 3 heterocycles. The van der Waals surface area contributed by atoms with E-state index in [0.717, 1.165) is 48.0 Å². The van der Waals surface area contributed by atoms with E-state index in [1.165, 1.54) is 0 Å². The number of rotatable bonds is 6. The Bertz CT molecular complexity index is 709. The maximum atomic E-state index is 5.64. The molecule has 0 saturated carbocycles. The number of aryl methyl sites for hydroxylation is 2. The summed E-state index contributed by atoms with van der Waals surface area (Å²) in [5.41, 5.74) is 3.14. The first-order valence-corrected chi connectivity index (χ1v) is 7.00. The average Bonchev–Trinajstić information content (AvgIpc) is 3.16. The lowest BCUT2D eigenvalue weighted by Gasteiger charge is -2.03. The lowest BCUT2D eigenvalue weighted by Crippen LogP contribution is -2.17. The minimum absolute atomic E-state index is 0.748. The second kappa shape index (κ2) is 5.97. The van der Waals surface area contributed by atoms with Gasteiger partial charge in [-0.25, -0.2) is 0 Å². The molecule has 21 heavy (non-hydrogen) atoms. The van der Waals surface area contributed by atoms with Gasteiger partial charge in [0, 0.05) is 38.3 Å². The zero-order valence-corrected chi connectivity index (χ0v) is 12.3. The second-order valence-corrected chi connectivity index (χ2v) is 5.09. The van der Waals surface area contributed by atoms with E-state index in [2.05, 4.69) is 20.6 Å². The molecule has 6 heteroatoms. The van der Waals surface area contributed by atoms with Gasteiger partial charge >= 0.3 is 0 Å². The molecule has 0 radical (unpaired) electrons. The molecule has 6 nitrogen and oxygen atoms in total. The normalized spacial score (nSPS) is 11.1. The lowest BCUT2D eigenvalue weighted by atomic mass is 10.2. The minimum atomic E-state index is 0.748.